The van der Waals surface area contributed by atoms with Gasteiger partial charge in [0.05, 0.1) is 6.42 Å². The van der Waals surface area contributed by atoms with E-state index in [0.29, 0.717) is 28.8 Å². The number of carboxylic acid groups (broad SMARTS) is 1. The van der Waals surface area contributed by atoms with E-state index in [9.17, 15) is 9.59 Å². The second kappa shape index (κ2) is 11.8. The van der Waals surface area contributed by atoms with Gasteiger partial charge in [0.15, 0.2) is 6.10 Å². The van der Waals surface area contributed by atoms with Gasteiger partial charge in [0.1, 0.15) is 11.9 Å². The Labute approximate surface area is 186 Å². The first kappa shape index (κ1) is 24.0. The smallest absolute Gasteiger partial charge is 0.333 e. The van der Waals surface area contributed by atoms with Crippen LogP contribution in [0, 0.1) is 0 Å². The lowest BCUT2D eigenvalue weighted by Crippen LogP contribution is -2.30. The van der Waals surface area contributed by atoms with E-state index >= 15 is 0 Å². The standard InChI is InChI=1S/C22H25Cl2NO5/c1-14(11-21(26)25-10-9-17-18(23)7-4-8-19(17)24)30-16-6-3-5-15(12-16)13-20(29-2)22(27)28/h3-8,12,14,20H,9-11,13H2,1-2H3,(H,25,26)(H,27,28)/t14?,20-/m0/s1. The fourth-order valence-corrected chi connectivity index (χ4v) is 3.52. The number of carbonyl (C=O) groups excluding carboxylic acids is 1. The summed E-state index contributed by atoms with van der Waals surface area (Å²) in [5, 5.41) is 13.1. The number of aliphatic carboxylic acids is 1. The number of carbonyl (C=O) groups is 2. The molecule has 0 aliphatic rings. The van der Waals surface area contributed by atoms with Crippen molar-refractivity contribution in [2.45, 2.75) is 38.4 Å². The fraction of sp³-hybridized carbons (Fsp3) is 0.364. The van der Waals surface area contributed by atoms with Crippen molar-refractivity contribution in [3.05, 3.63) is 63.6 Å². The molecule has 2 atom stereocenters. The molecule has 162 valence electrons. The second-order valence-corrected chi connectivity index (χ2v) is 7.66. The molecule has 1 unspecified atom stereocenters. The Morgan fingerprint density at radius 3 is 2.43 bits per heavy atom. The Bertz CT molecular complexity index is 854. The number of rotatable bonds is 11. The molecule has 1 amide bonds. The van der Waals surface area contributed by atoms with Crippen LogP contribution >= 0.6 is 23.2 Å². The average Bonchev–Trinajstić information content (AvgIpc) is 2.68. The molecule has 2 aromatic carbocycles. The highest BCUT2D eigenvalue weighted by Crippen LogP contribution is 2.24. The average molecular weight is 454 g/mol. The molecule has 0 heterocycles. The summed E-state index contributed by atoms with van der Waals surface area (Å²) in [7, 11) is 1.36. The maximum atomic E-state index is 12.2. The lowest BCUT2D eigenvalue weighted by Gasteiger charge is -2.16. The highest BCUT2D eigenvalue weighted by Gasteiger charge is 2.17. The van der Waals surface area contributed by atoms with Crippen molar-refractivity contribution in [2.24, 2.45) is 0 Å². The highest BCUT2D eigenvalue weighted by molar-refractivity contribution is 6.36. The van der Waals surface area contributed by atoms with Gasteiger partial charge in [-0.3, -0.25) is 4.79 Å². The van der Waals surface area contributed by atoms with Gasteiger partial charge >= 0.3 is 5.97 Å². The third-order valence-electron chi connectivity index (χ3n) is 4.45. The Morgan fingerprint density at radius 1 is 1.13 bits per heavy atom. The van der Waals surface area contributed by atoms with Crippen molar-refractivity contribution in [2.75, 3.05) is 13.7 Å². The van der Waals surface area contributed by atoms with Crippen molar-refractivity contribution < 1.29 is 24.2 Å². The number of hydrogen-bond donors (Lipinski definition) is 2. The molecule has 6 nitrogen and oxygen atoms in total. The number of halogens is 2. The van der Waals surface area contributed by atoms with E-state index in [1.54, 1.807) is 49.4 Å². The molecule has 0 saturated heterocycles. The van der Waals surface area contributed by atoms with E-state index in [-0.39, 0.29) is 24.9 Å². The predicted molar refractivity (Wildman–Crippen MR) is 116 cm³/mol. The van der Waals surface area contributed by atoms with Gasteiger partial charge in [-0.15, -0.1) is 0 Å². The Balaban J connectivity index is 1.82. The lowest BCUT2D eigenvalue weighted by molar-refractivity contribution is -0.148. The van der Waals surface area contributed by atoms with Crippen LogP contribution in [0.25, 0.3) is 0 Å². The number of nitrogens with one attached hydrogen (secondary N) is 1. The minimum Gasteiger partial charge on any atom is -0.490 e. The molecule has 0 aromatic heterocycles. The van der Waals surface area contributed by atoms with Crippen LogP contribution in [0.4, 0.5) is 0 Å². The van der Waals surface area contributed by atoms with E-state index in [1.165, 1.54) is 7.11 Å². The third kappa shape index (κ3) is 7.52. The van der Waals surface area contributed by atoms with Crippen LogP contribution in [0.5, 0.6) is 5.75 Å². The number of methoxy groups -OCH3 is 1. The highest BCUT2D eigenvalue weighted by atomic mass is 35.5. The van der Waals surface area contributed by atoms with Crippen LogP contribution in [0.2, 0.25) is 10.0 Å². The van der Waals surface area contributed by atoms with Crippen LogP contribution in [-0.2, 0) is 27.2 Å². The van der Waals surface area contributed by atoms with Crippen molar-refractivity contribution in [3.63, 3.8) is 0 Å². The zero-order chi connectivity index (χ0) is 22.1. The number of carboxylic acids is 1. The summed E-state index contributed by atoms with van der Waals surface area (Å²) in [4.78, 5) is 23.3. The van der Waals surface area contributed by atoms with E-state index in [0.717, 1.165) is 11.1 Å². The van der Waals surface area contributed by atoms with Crippen LogP contribution in [0.15, 0.2) is 42.5 Å². The van der Waals surface area contributed by atoms with Crippen LogP contribution in [-0.4, -0.2) is 42.8 Å². The molecule has 2 rings (SSSR count). The monoisotopic (exact) mass is 453 g/mol. The third-order valence-corrected chi connectivity index (χ3v) is 5.16. The van der Waals surface area contributed by atoms with E-state index in [4.69, 9.17) is 37.8 Å². The Morgan fingerprint density at radius 2 is 1.80 bits per heavy atom. The first-order chi connectivity index (χ1) is 14.3. The molecule has 2 aromatic rings. The van der Waals surface area contributed by atoms with Crippen LogP contribution < -0.4 is 10.1 Å². The molecule has 30 heavy (non-hydrogen) atoms. The molecular weight excluding hydrogens is 429 g/mol. The number of benzene rings is 2. The van der Waals surface area contributed by atoms with Gasteiger partial charge in [-0.25, -0.2) is 4.79 Å². The molecule has 0 aliphatic heterocycles. The first-order valence-corrected chi connectivity index (χ1v) is 10.3. The van der Waals surface area contributed by atoms with E-state index < -0.39 is 12.1 Å². The summed E-state index contributed by atoms with van der Waals surface area (Å²) in [6.07, 6.45) is -0.346. The SMILES string of the molecule is CO[C@@H](Cc1cccc(OC(C)CC(=O)NCCc2c(Cl)cccc2Cl)c1)C(=O)O. The second-order valence-electron chi connectivity index (χ2n) is 6.85. The molecule has 0 spiro atoms. The molecule has 0 bridgehead atoms. The fourth-order valence-electron chi connectivity index (χ4n) is 2.94. The molecule has 0 saturated carbocycles. The molecule has 0 fully saturated rings. The number of ether oxygens (including phenoxy) is 2. The molecular formula is C22H25Cl2NO5. The zero-order valence-electron chi connectivity index (χ0n) is 16.9. The van der Waals surface area contributed by atoms with Gasteiger partial charge in [-0.05, 0) is 48.7 Å². The summed E-state index contributed by atoms with van der Waals surface area (Å²) in [5.74, 6) is -0.602. The summed E-state index contributed by atoms with van der Waals surface area (Å²) < 4.78 is 10.8. The van der Waals surface area contributed by atoms with Crippen molar-refractivity contribution in [1.29, 1.82) is 0 Å². The van der Waals surface area contributed by atoms with Crippen LogP contribution in [0.1, 0.15) is 24.5 Å². The minimum absolute atomic E-state index is 0.146. The molecule has 0 aliphatic carbocycles. The van der Waals surface area contributed by atoms with Crippen molar-refractivity contribution >= 4 is 35.1 Å². The topological polar surface area (TPSA) is 84.9 Å². The van der Waals surface area contributed by atoms with Gasteiger partial charge in [0.2, 0.25) is 5.91 Å². The Hall–Kier alpha value is -2.28. The number of amides is 1. The zero-order valence-corrected chi connectivity index (χ0v) is 18.4. The summed E-state index contributed by atoms with van der Waals surface area (Å²) in [6.45, 7) is 2.21. The largest absolute Gasteiger partial charge is 0.490 e. The molecule has 8 heteroatoms. The number of hydrogen-bond acceptors (Lipinski definition) is 4. The normalized spacial score (nSPS) is 12.8. The van der Waals surface area contributed by atoms with Gasteiger partial charge < -0.3 is 19.9 Å². The summed E-state index contributed by atoms with van der Waals surface area (Å²) in [5.41, 5.74) is 1.58. The maximum Gasteiger partial charge on any atom is 0.333 e. The van der Waals surface area contributed by atoms with Crippen molar-refractivity contribution in [1.82, 2.24) is 5.32 Å². The minimum atomic E-state index is -1.02. The van der Waals surface area contributed by atoms with Gasteiger partial charge in [0, 0.05) is 30.1 Å². The quantitative estimate of drug-likeness (QED) is 0.533. The van der Waals surface area contributed by atoms with E-state index in [1.807, 2.05) is 0 Å². The molecule has 0 radical (unpaired) electrons. The summed E-state index contributed by atoms with van der Waals surface area (Å²) >= 11 is 12.3. The lowest BCUT2D eigenvalue weighted by atomic mass is 10.1. The Kier molecular flexibility index (Phi) is 9.43. The first-order valence-electron chi connectivity index (χ1n) is 9.51. The van der Waals surface area contributed by atoms with E-state index in [2.05, 4.69) is 5.32 Å². The van der Waals surface area contributed by atoms with Gasteiger partial charge in [-0.1, -0.05) is 41.4 Å². The van der Waals surface area contributed by atoms with Gasteiger partial charge in [0.25, 0.3) is 0 Å². The predicted octanol–water partition coefficient (Wildman–Crippen LogP) is 4.15. The maximum absolute atomic E-state index is 12.2. The van der Waals surface area contributed by atoms with Crippen molar-refractivity contribution in [3.8, 4) is 5.75 Å². The van der Waals surface area contributed by atoms with Crippen LogP contribution in [0.3, 0.4) is 0 Å². The summed E-state index contributed by atoms with van der Waals surface area (Å²) in [6, 6.07) is 12.4. The molecule has 2 N–H and O–H groups in total. The van der Waals surface area contributed by atoms with Gasteiger partial charge in [-0.2, -0.15) is 0 Å².